The smallest absolute Gasteiger partial charge is 0.358 e. The normalized spacial score (nSPS) is 13.0. The summed E-state index contributed by atoms with van der Waals surface area (Å²) in [6, 6.07) is 10.8. The second-order valence-corrected chi connectivity index (χ2v) is 9.70. The molecule has 1 atom stereocenters. The van der Waals surface area contributed by atoms with Gasteiger partial charge in [-0.15, -0.1) is 0 Å². The van der Waals surface area contributed by atoms with E-state index in [4.69, 9.17) is 19.4 Å². The molecule has 3 aromatic rings. The van der Waals surface area contributed by atoms with Gasteiger partial charge in [-0.3, -0.25) is 4.99 Å². The molecule has 2 nitrogen and oxygen atoms in total. The van der Waals surface area contributed by atoms with Crippen LogP contribution in [0.2, 0.25) is 5.02 Å². The number of alkyl halides is 3. The standard InChI is InChI=1S/C20H20BClFN.C10H14F3N/c1-3-4-5-16-17-11-14(22)7-9-19(17)24-20(16)12(2)15-8-6-13(21)10-18(15)23;1-4-5-9(3)14-7-6-8(2)10(11,12)13/h6-12,24H,3-5H2,1-2H3;6-7H,2,4-5H2,1,3H3/b;7-6-,14-9?. The molecule has 202 valence electrons. The van der Waals surface area contributed by atoms with Crippen molar-refractivity contribution in [1.29, 1.82) is 0 Å². The molecule has 0 aliphatic heterocycles. The van der Waals surface area contributed by atoms with E-state index in [2.05, 4.69) is 23.5 Å². The fourth-order valence-corrected chi connectivity index (χ4v) is 4.23. The van der Waals surface area contributed by atoms with E-state index in [9.17, 15) is 17.6 Å². The van der Waals surface area contributed by atoms with Crippen molar-refractivity contribution in [1.82, 2.24) is 4.98 Å². The minimum atomic E-state index is -4.36. The lowest BCUT2D eigenvalue weighted by atomic mass is 9.88. The molecule has 3 rings (SSSR count). The van der Waals surface area contributed by atoms with Crippen LogP contribution < -0.4 is 5.46 Å². The number of H-pyrrole nitrogens is 1. The van der Waals surface area contributed by atoms with Gasteiger partial charge in [0.25, 0.3) is 0 Å². The van der Waals surface area contributed by atoms with Gasteiger partial charge in [0.1, 0.15) is 13.7 Å². The van der Waals surface area contributed by atoms with E-state index in [0.717, 1.165) is 71.7 Å². The molecule has 0 spiro atoms. The van der Waals surface area contributed by atoms with Crippen LogP contribution in [0.1, 0.15) is 76.1 Å². The first kappa shape index (κ1) is 31.4. The van der Waals surface area contributed by atoms with Crippen LogP contribution in [0.15, 0.2) is 65.8 Å². The first-order valence-corrected chi connectivity index (χ1v) is 13.1. The molecule has 0 saturated heterocycles. The van der Waals surface area contributed by atoms with Gasteiger partial charge in [-0.05, 0) is 67.7 Å². The van der Waals surface area contributed by atoms with Gasteiger partial charge in [0.05, 0.1) is 0 Å². The minimum absolute atomic E-state index is 0.0800. The summed E-state index contributed by atoms with van der Waals surface area (Å²) in [7, 11) is 5.68. The summed E-state index contributed by atoms with van der Waals surface area (Å²) in [5.41, 5.74) is 4.37. The number of hydrogen-bond donors (Lipinski definition) is 1. The summed E-state index contributed by atoms with van der Waals surface area (Å²) in [4.78, 5) is 7.33. The highest BCUT2D eigenvalue weighted by Crippen LogP contribution is 2.34. The molecule has 0 bridgehead atoms. The number of allylic oxidation sites excluding steroid dienone is 2. The number of halogens is 5. The van der Waals surface area contributed by atoms with E-state index >= 15 is 0 Å². The topological polar surface area (TPSA) is 28.1 Å². The predicted molar refractivity (Wildman–Crippen MR) is 154 cm³/mol. The Kier molecular flexibility index (Phi) is 11.9. The van der Waals surface area contributed by atoms with Crippen molar-refractivity contribution in [2.75, 3.05) is 0 Å². The Labute approximate surface area is 229 Å². The van der Waals surface area contributed by atoms with Crippen molar-refractivity contribution < 1.29 is 17.6 Å². The van der Waals surface area contributed by atoms with Crippen molar-refractivity contribution in [3.8, 4) is 0 Å². The van der Waals surface area contributed by atoms with Gasteiger partial charge in [0.2, 0.25) is 0 Å². The number of benzene rings is 2. The molecule has 38 heavy (non-hydrogen) atoms. The molecule has 0 aliphatic carbocycles. The maximum Gasteiger partial charge on any atom is 0.415 e. The maximum absolute atomic E-state index is 14.4. The number of aryl methyl sites for hydroxylation is 1. The second-order valence-electron chi connectivity index (χ2n) is 9.27. The van der Waals surface area contributed by atoms with Gasteiger partial charge in [0.15, 0.2) is 0 Å². The lowest BCUT2D eigenvalue weighted by molar-refractivity contribution is -0.0878. The fraction of sp³-hybridized carbons (Fsp3) is 0.367. The highest BCUT2D eigenvalue weighted by Gasteiger charge is 2.29. The third kappa shape index (κ3) is 8.90. The van der Waals surface area contributed by atoms with Crippen LogP contribution in [0.4, 0.5) is 17.6 Å². The Hall–Kier alpha value is -2.80. The van der Waals surface area contributed by atoms with Crippen molar-refractivity contribution in [2.24, 2.45) is 4.99 Å². The molecule has 2 aromatic carbocycles. The zero-order valence-electron chi connectivity index (χ0n) is 22.4. The van der Waals surface area contributed by atoms with Gasteiger partial charge in [-0.1, -0.05) is 69.4 Å². The molecule has 1 unspecified atom stereocenters. The molecule has 1 heterocycles. The number of aromatic nitrogens is 1. The number of nitrogens with one attached hydrogen (secondary N) is 1. The van der Waals surface area contributed by atoms with E-state index in [1.165, 1.54) is 11.6 Å². The predicted octanol–water partition coefficient (Wildman–Crippen LogP) is 9.13. The number of unbranched alkanes of at least 4 members (excludes halogenated alkanes) is 1. The Bertz CT molecular complexity index is 1290. The van der Waals surface area contributed by atoms with Crippen molar-refractivity contribution in [2.45, 2.75) is 71.9 Å². The number of nitrogens with zero attached hydrogens (tertiary/aromatic N) is 1. The Morgan fingerprint density at radius 1 is 1.16 bits per heavy atom. The average molecular weight is 545 g/mol. The Balaban J connectivity index is 0.000000312. The van der Waals surface area contributed by atoms with Gasteiger partial charge in [0, 0.05) is 45.0 Å². The SMILES string of the molecule is C=C(/C=C\N=C(C)CCC)C(F)(F)F.[B]c1ccc(C(C)c2[nH]c3ccc(Cl)cc3c2CCCC)c(F)c1. The van der Waals surface area contributed by atoms with Crippen LogP contribution >= 0.6 is 11.6 Å². The van der Waals surface area contributed by atoms with E-state index in [1.807, 2.05) is 32.0 Å². The Morgan fingerprint density at radius 2 is 1.87 bits per heavy atom. The molecule has 0 aliphatic rings. The minimum Gasteiger partial charge on any atom is -0.358 e. The summed E-state index contributed by atoms with van der Waals surface area (Å²) in [5, 5.41) is 1.85. The molecule has 0 fully saturated rings. The third-order valence-electron chi connectivity index (χ3n) is 6.15. The lowest BCUT2D eigenvalue weighted by Crippen LogP contribution is -2.08. The summed E-state index contributed by atoms with van der Waals surface area (Å²) in [5.74, 6) is -0.343. The van der Waals surface area contributed by atoms with Crippen LogP contribution in [-0.4, -0.2) is 24.7 Å². The summed E-state index contributed by atoms with van der Waals surface area (Å²) in [6.07, 6.45) is 2.53. The molecule has 1 N–H and O–H groups in total. The molecular weight excluding hydrogens is 511 g/mol. The molecule has 0 amide bonds. The van der Waals surface area contributed by atoms with Crippen molar-refractivity contribution in [3.63, 3.8) is 0 Å². The molecular formula is C30H34BClF4N2. The summed E-state index contributed by atoms with van der Waals surface area (Å²) >= 11 is 6.19. The Morgan fingerprint density at radius 3 is 2.47 bits per heavy atom. The van der Waals surface area contributed by atoms with Crippen molar-refractivity contribution >= 4 is 41.5 Å². The average Bonchev–Trinajstić information content (AvgIpc) is 3.19. The van der Waals surface area contributed by atoms with Gasteiger partial charge in [-0.2, -0.15) is 13.2 Å². The first-order chi connectivity index (χ1) is 17.9. The van der Waals surface area contributed by atoms with Gasteiger partial charge in [-0.25, -0.2) is 4.39 Å². The number of rotatable bonds is 9. The number of aliphatic imine (C=N–C) groups is 1. The van der Waals surface area contributed by atoms with Crippen LogP contribution in [0.3, 0.4) is 0 Å². The zero-order valence-corrected chi connectivity index (χ0v) is 23.1. The van der Waals surface area contributed by atoms with E-state index in [-0.39, 0.29) is 11.7 Å². The molecule has 0 saturated carbocycles. The van der Waals surface area contributed by atoms with Gasteiger partial charge < -0.3 is 4.98 Å². The van der Waals surface area contributed by atoms with Gasteiger partial charge >= 0.3 is 6.18 Å². The van der Waals surface area contributed by atoms with E-state index in [1.54, 1.807) is 19.1 Å². The van der Waals surface area contributed by atoms with Crippen LogP contribution in [0.25, 0.3) is 10.9 Å². The summed E-state index contributed by atoms with van der Waals surface area (Å²) in [6.45, 7) is 10.8. The highest BCUT2D eigenvalue weighted by atomic mass is 35.5. The molecule has 2 radical (unpaired) electrons. The number of aromatic amines is 1. The third-order valence-corrected chi connectivity index (χ3v) is 6.39. The summed E-state index contributed by atoms with van der Waals surface area (Å²) < 4.78 is 50.1. The number of hydrogen-bond acceptors (Lipinski definition) is 1. The van der Waals surface area contributed by atoms with E-state index < -0.39 is 11.7 Å². The second kappa shape index (κ2) is 14.4. The monoisotopic (exact) mass is 544 g/mol. The van der Waals surface area contributed by atoms with E-state index in [0.29, 0.717) is 11.0 Å². The first-order valence-electron chi connectivity index (χ1n) is 12.7. The van der Waals surface area contributed by atoms with Crippen LogP contribution in [-0.2, 0) is 6.42 Å². The van der Waals surface area contributed by atoms with Crippen molar-refractivity contribution in [3.05, 3.63) is 88.5 Å². The largest absolute Gasteiger partial charge is 0.415 e. The molecule has 8 heteroatoms. The maximum atomic E-state index is 14.4. The zero-order chi connectivity index (χ0) is 28.5. The lowest BCUT2D eigenvalue weighted by Gasteiger charge is -2.15. The molecule has 1 aromatic heterocycles. The quantitative estimate of drug-likeness (QED) is 0.120. The fourth-order valence-electron chi connectivity index (χ4n) is 4.06. The van der Waals surface area contributed by atoms with Crippen LogP contribution in [0, 0.1) is 5.82 Å². The van der Waals surface area contributed by atoms with Crippen LogP contribution in [0.5, 0.6) is 0 Å². The number of fused-ring (bicyclic) bond motifs is 1. The highest BCUT2D eigenvalue weighted by molar-refractivity contribution is 6.32.